The van der Waals surface area contributed by atoms with E-state index in [0.717, 1.165) is 29.3 Å². The van der Waals surface area contributed by atoms with Gasteiger partial charge in [-0.2, -0.15) is 0 Å². The number of fused-ring (bicyclic) bond motifs is 2. The third kappa shape index (κ3) is 4.29. The second-order valence-corrected chi connectivity index (χ2v) is 7.43. The largest absolute Gasteiger partial charge is 0.354 e. The van der Waals surface area contributed by atoms with Crippen molar-refractivity contribution in [1.29, 1.82) is 0 Å². The van der Waals surface area contributed by atoms with Crippen LogP contribution in [0.3, 0.4) is 0 Å². The van der Waals surface area contributed by atoms with Gasteiger partial charge in [0.2, 0.25) is 0 Å². The quantitative estimate of drug-likeness (QED) is 0.412. The van der Waals surface area contributed by atoms with Gasteiger partial charge >= 0.3 is 0 Å². The average molecular weight is 468 g/mol. The first-order valence-corrected chi connectivity index (χ1v) is 9.59. The van der Waals surface area contributed by atoms with Crippen molar-refractivity contribution < 1.29 is 0 Å². The summed E-state index contributed by atoms with van der Waals surface area (Å²) in [5.74, 6) is 3.66. The van der Waals surface area contributed by atoms with Crippen LogP contribution in [0.4, 0.5) is 0 Å². The van der Waals surface area contributed by atoms with Gasteiger partial charge in [-0.25, -0.2) is 0 Å². The average Bonchev–Trinajstić information content (AvgIpc) is 3.08. The Morgan fingerprint density at radius 3 is 2.85 bits per heavy atom. The minimum Gasteiger partial charge on any atom is -0.354 e. The van der Waals surface area contributed by atoms with Crippen molar-refractivity contribution in [1.82, 2.24) is 25.2 Å². The van der Waals surface area contributed by atoms with Crippen LogP contribution in [0.15, 0.2) is 29.4 Å². The Labute approximate surface area is 172 Å². The van der Waals surface area contributed by atoms with E-state index in [4.69, 9.17) is 0 Å². The van der Waals surface area contributed by atoms with Crippen molar-refractivity contribution in [2.75, 3.05) is 7.05 Å². The van der Waals surface area contributed by atoms with Gasteiger partial charge in [0.15, 0.2) is 17.4 Å². The van der Waals surface area contributed by atoms with Crippen LogP contribution in [-0.2, 0) is 6.54 Å². The van der Waals surface area contributed by atoms with Gasteiger partial charge in [-0.1, -0.05) is 31.7 Å². The van der Waals surface area contributed by atoms with Crippen LogP contribution in [0.5, 0.6) is 0 Å². The number of hydrogen-bond donors (Lipinski definition) is 2. The summed E-state index contributed by atoms with van der Waals surface area (Å²) in [6.07, 6.45) is 11.6. The molecule has 2 saturated carbocycles. The highest BCUT2D eigenvalue weighted by molar-refractivity contribution is 14.0. The van der Waals surface area contributed by atoms with E-state index in [9.17, 15) is 0 Å². The predicted octanol–water partition coefficient (Wildman–Crippen LogP) is 3.37. The van der Waals surface area contributed by atoms with E-state index in [-0.39, 0.29) is 24.0 Å². The smallest absolute Gasteiger partial charge is 0.191 e. The van der Waals surface area contributed by atoms with Crippen molar-refractivity contribution in [2.24, 2.45) is 16.8 Å². The van der Waals surface area contributed by atoms with E-state index in [1.165, 1.54) is 44.9 Å². The molecule has 0 aliphatic heterocycles. The van der Waals surface area contributed by atoms with Crippen LogP contribution in [-0.4, -0.2) is 33.6 Å². The molecule has 0 saturated heterocycles. The Bertz CT molecular complexity index is 742. The molecule has 2 N–H and O–H groups in total. The zero-order valence-electron chi connectivity index (χ0n) is 15.4. The van der Waals surface area contributed by atoms with Gasteiger partial charge in [0.1, 0.15) is 0 Å². The highest BCUT2D eigenvalue weighted by atomic mass is 127. The third-order valence-electron chi connectivity index (χ3n) is 5.90. The molecular weight excluding hydrogens is 439 g/mol. The van der Waals surface area contributed by atoms with Crippen molar-refractivity contribution in [3.05, 3.63) is 30.2 Å². The molecule has 6 nitrogen and oxygen atoms in total. The minimum atomic E-state index is 0. The van der Waals surface area contributed by atoms with E-state index in [1.807, 2.05) is 35.8 Å². The van der Waals surface area contributed by atoms with E-state index in [2.05, 4.69) is 25.8 Å². The first-order valence-electron chi connectivity index (χ1n) is 9.59. The number of pyridine rings is 1. The van der Waals surface area contributed by atoms with Crippen molar-refractivity contribution in [2.45, 2.75) is 57.5 Å². The topological polar surface area (TPSA) is 66.6 Å². The molecule has 0 spiro atoms. The number of nitrogens with zero attached hydrogens (tertiary/aromatic N) is 4. The maximum absolute atomic E-state index is 4.40. The van der Waals surface area contributed by atoms with Crippen LogP contribution < -0.4 is 10.6 Å². The third-order valence-corrected chi connectivity index (χ3v) is 5.90. The highest BCUT2D eigenvalue weighted by Gasteiger charge is 2.32. The molecule has 2 aromatic rings. The maximum Gasteiger partial charge on any atom is 0.191 e. The Morgan fingerprint density at radius 1 is 1.15 bits per heavy atom. The summed E-state index contributed by atoms with van der Waals surface area (Å²) in [5.41, 5.74) is 0.873. The maximum atomic E-state index is 4.40. The Morgan fingerprint density at radius 2 is 2.00 bits per heavy atom. The second-order valence-electron chi connectivity index (χ2n) is 7.43. The van der Waals surface area contributed by atoms with E-state index < -0.39 is 0 Å². The lowest BCUT2D eigenvalue weighted by molar-refractivity contribution is 0.150. The molecule has 0 amide bonds. The first-order chi connectivity index (χ1) is 12.3. The molecule has 0 aromatic carbocycles. The zero-order chi connectivity index (χ0) is 17.1. The van der Waals surface area contributed by atoms with Gasteiger partial charge in [-0.05, 0) is 43.2 Å². The summed E-state index contributed by atoms with van der Waals surface area (Å²) in [5, 5.41) is 15.5. The van der Waals surface area contributed by atoms with E-state index in [1.54, 1.807) is 0 Å². The predicted molar refractivity (Wildman–Crippen MR) is 115 cm³/mol. The van der Waals surface area contributed by atoms with E-state index in [0.29, 0.717) is 12.6 Å². The summed E-state index contributed by atoms with van der Waals surface area (Å²) in [4.78, 5) is 4.40. The lowest BCUT2D eigenvalue weighted by atomic mass is 9.69. The van der Waals surface area contributed by atoms with E-state index >= 15 is 0 Å². The molecule has 4 rings (SSSR count). The number of aliphatic imine (C=N–C) groups is 1. The van der Waals surface area contributed by atoms with Gasteiger partial charge in [-0.15, -0.1) is 34.2 Å². The molecule has 142 valence electrons. The number of rotatable bonds is 3. The number of halogens is 1. The van der Waals surface area contributed by atoms with Crippen LogP contribution in [0, 0.1) is 11.8 Å². The number of hydrogen-bond acceptors (Lipinski definition) is 3. The van der Waals surface area contributed by atoms with Crippen LogP contribution in [0.1, 0.15) is 50.8 Å². The molecule has 26 heavy (non-hydrogen) atoms. The monoisotopic (exact) mass is 468 g/mol. The Kier molecular flexibility index (Phi) is 6.72. The molecule has 3 unspecified atom stereocenters. The molecule has 2 aliphatic carbocycles. The SMILES string of the molecule is CN=C(NCc1nnc2ccccn12)NC1CCC2CCCCC2C1.I. The second kappa shape index (κ2) is 9.01. The first kappa shape index (κ1) is 19.4. The molecule has 7 heteroatoms. The van der Waals surface area contributed by atoms with Crippen molar-refractivity contribution >= 4 is 35.6 Å². The standard InChI is InChI=1S/C19H28N6.HI/c1-20-19(21-13-18-24-23-17-8-4-5-11-25(17)18)22-16-10-9-14-6-2-3-7-15(14)12-16;/h4-5,8,11,14-16H,2-3,6-7,9-10,12-13H2,1H3,(H2,20,21,22);1H. The molecule has 2 aromatic heterocycles. The molecular formula is C19H29IN6. The highest BCUT2D eigenvalue weighted by Crippen LogP contribution is 2.40. The van der Waals surface area contributed by atoms with Gasteiger partial charge in [-0.3, -0.25) is 9.39 Å². The summed E-state index contributed by atoms with van der Waals surface area (Å²) in [6, 6.07) is 6.48. The van der Waals surface area contributed by atoms with Gasteiger partial charge in [0, 0.05) is 19.3 Å². The Balaban J connectivity index is 0.00000196. The van der Waals surface area contributed by atoms with Gasteiger partial charge in [0.25, 0.3) is 0 Å². The molecule has 0 radical (unpaired) electrons. The van der Waals surface area contributed by atoms with Gasteiger partial charge < -0.3 is 10.6 Å². The number of guanidine groups is 1. The molecule has 2 heterocycles. The summed E-state index contributed by atoms with van der Waals surface area (Å²) < 4.78 is 2.01. The summed E-state index contributed by atoms with van der Waals surface area (Å²) in [7, 11) is 1.84. The fourth-order valence-electron chi connectivity index (χ4n) is 4.57. The van der Waals surface area contributed by atoms with Crippen LogP contribution in [0.2, 0.25) is 0 Å². The minimum absolute atomic E-state index is 0. The molecule has 0 bridgehead atoms. The molecule has 2 aliphatic rings. The molecule has 3 atom stereocenters. The lowest BCUT2D eigenvalue weighted by Gasteiger charge is -2.39. The molecule has 2 fully saturated rings. The zero-order valence-corrected chi connectivity index (χ0v) is 17.7. The normalized spacial score (nSPS) is 26.0. The van der Waals surface area contributed by atoms with Gasteiger partial charge in [0.05, 0.1) is 6.54 Å². The lowest BCUT2D eigenvalue weighted by Crippen LogP contribution is -2.46. The fraction of sp³-hybridized carbons (Fsp3) is 0.632. The number of nitrogens with one attached hydrogen (secondary N) is 2. The van der Waals surface area contributed by atoms with Crippen molar-refractivity contribution in [3.63, 3.8) is 0 Å². The Hall–Kier alpha value is -1.38. The summed E-state index contributed by atoms with van der Waals surface area (Å²) in [6.45, 7) is 0.615. The summed E-state index contributed by atoms with van der Waals surface area (Å²) >= 11 is 0. The van der Waals surface area contributed by atoms with Crippen molar-refractivity contribution in [3.8, 4) is 0 Å². The number of aromatic nitrogens is 3. The fourth-order valence-corrected chi connectivity index (χ4v) is 4.57. The van der Waals surface area contributed by atoms with Crippen LogP contribution >= 0.6 is 24.0 Å². The van der Waals surface area contributed by atoms with Crippen LogP contribution in [0.25, 0.3) is 5.65 Å².